The van der Waals surface area contributed by atoms with Gasteiger partial charge < -0.3 is 15.5 Å². The first-order valence-electron chi connectivity index (χ1n) is 10.2. The number of thiazole rings is 1. The highest BCUT2D eigenvalue weighted by Gasteiger charge is 2.31. The number of rotatable bonds is 3. The molecule has 5 rings (SSSR count). The molecule has 3 aromatic rings. The van der Waals surface area contributed by atoms with E-state index in [4.69, 9.17) is 15.8 Å². The summed E-state index contributed by atoms with van der Waals surface area (Å²) in [7, 11) is 0. The van der Waals surface area contributed by atoms with E-state index < -0.39 is 0 Å². The van der Waals surface area contributed by atoms with Crippen LogP contribution in [-0.4, -0.2) is 56.1 Å². The smallest absolute Gasteiger partial charge is 0.273 e. The van der Waals surface area contributed by atoms with Gasteiger partial charge in [-0.2, -0.15) is 5.10 Å². The van der Waals surface area contributed by atoms with Crippen LogP contribution in [0.3, 0.4) is 0 Å². The number of hydrogen-bond donors (Lipinski definition) is 1. The molecule has 2 N–H and O–H groups in total. The van der Waals surface area contributed by atoms with Crippen molar-refractivity contribution in [3.05, 3.63) is 40.1 Å². The van der Waals surface area contributed by atoms with Crippen molar-refractivity contribution < 1.29 is 4.79 Å². The third-order valence-electron chi connectivity index (χ3n) is 5.90. The molecule has 2 aliphatic rings. The zero-order valence-corrected chi connectivity index (χ0v) is 17.3. The second-order valence-corrected chi connectivity index (χ2v) is 8.72. The third kappa shape index (κ3) is 3.38. The van der Waals surface area contributed by atoms with Crippen LogP contribution in [0.4, 0.5) is 5.82 Å². The zero-order valence-electron chi connectivity index (χ0n) is 16.5. The maximum atomic E-state index is 13.0. The van der Waals surface area contributed by atoms with Crippen molar-refractivity contribution in [2.24, 2.45) is 5.73 Å². The Morgan fingerprint density at radius 2 is 2.17 bits per heavy atom. The quantitative estimate of drug-likeness (QED) is 0.711. The summed E-state index contributed by atoms with van der Waals surface area (Å²) in [5.41, 5.74) is 11.1. The summed E-state index contributed by atoms with van der Waals surface area (Å²) in [5, 5.41) is 6.61. The fourth-order valence-corrected chi connectivity index (χ4v) is 4.96. The van der Waals surface area contributed by atoms with Gasteiger partial charge in [-0.3, -0.25) is 4.79 Å². The summed E-state index contributed by atoms with van der Waals surface area (Å²) in [6, 6.07) is 2.19. The van der Waals surface area contributed by atoms with Crippen LogP contribution in [0.1, 0.15) is 53.5 Å². The molecular weight excluding hydrogens is 386 g/mol. The number of fused-ring (bicyclic) bond motifs is 1. The van der Waals surface area contributed by atoms with E-state index in [2.05, 4.69) is 16.8 Å². The number of nitrogens with zero attached hydrogens (tertiary/aromatic N) is 6. The van der Waals surface area contributed by atoms with Gasteiger partial charge >= 0.3 is 0 Å². The fourth-order valence-electron chi connectivity index (χ4n) is 4.43. The lowest BCUT2D eigenvalue weighted by atomic mass is 9.99. The lowest BCUT2D eigenvalue weighted by molar-refractivity contribution is 0.0600. The molecule has 8 nitrogen and oxygen atoms in total. The molecule has 0 saturated carbocycles. The average Bonchev–Trinajstić information content (AvgIpc) is 3.47. The van der Waals surface area contributed by atoms with Gasteiger partial charge in [0.1, 0.15) is 11.5 Å². The Bertz CT molecular complexity index is 1030. The Hall–Kier alpha value is -2.52. The zero-order chi connectivity index (χ0) is 20.0. The Kier molecular flexibility index (Phi) is 4.71. The molecule has 2 fully saturated rings. The number of aryl methyl sites for hydroxylation is 1. The second-order valence-electron chi connectivity index (χ2n) is 8.00. The third-order valence-corrected chi connectivity index (χ3v) is 6.49. The molecule has 2 aliphatic heterocycles. The summed E-state index contributed by atoms with van der Waals surface area (Å²) in [5.74, 6) is 0.972. The molecule has 29 heavy (non-hydrogen) atoms. The number of carbonyl (C=O) groups excluding carboxylic acids is 1. The number of carbonyl (C=O) groups is 1. The van der Waals surface area contributed by atoms with Crippen LogP contribution in [0.15, 0.2) is 23.2 Å². The number of likely N-dealkylation sites (tertiary alicyclic amines) is 1. The van der Waals surface area contributed by atoms with Gasteiger partial charge in [0.2, 0.25) is 0 Å². The molecule has 0 bridgehead atoms. The second kappa shape index (κ2) is 7.38. The molecule has 2 atom stereocenters. The van der Waals surface area contributed by atoms with E-state index in [9.17, 15) is 4.79 Å². The van der Waals surface area contributed by atoms with Crippen molar-refractivity contribution in [2.75, 3.05) is 24.5 Å². The van der Waals surface area contributed by atoms with Crippen LogP contribution in [0.25, 0.3) is 5.65 Å². The first kappa shape index (κ1) is 18.5. The van der Waals surface area contributed by atoms with Crippen LogP contribution in [-0.2, 0) is 0 Å². The number of hydrogen-bond acceptors (Lipinski definition) is 7. The first-order valence-corrected chi connectivity index (χ1v) is 11.1. The van der Waals surface area contributed by atoms with E-state index in [1.807, 2.05) is 27.1 Å². The molecule has 0 spiro atoms. The van der Waals surface area contributed by atoms with Crippen molar-refractivity contribution in [1.29, 1.82) is 0 Å². The summed E-state index contributed by atoms with van der Waals surface area (Å²) in [4.78, 5) is 26.2. The topological polar surface area (TPSA) is 92.6 Å². The molecular formula is C20H25N7OS. The highest BCUT2D eigenvalue weighted by molar-refractivity contribution is 7.07. The van der Waals surface area contributed by atoms with Crippen molar-refractivity contribution in [3.63, 3.8) is 0 Å². The summed E-state index contributed by atoms with van der Waals surface area (Å²) in [6.45, 7) is 4.57. The monoisotopic (exact) mass is 411 g/mol. The van der Waals surface area contributed by atoms with Gasteiger partial charge in [0.05, 0.1) is 17.2 Å². The fraction of sp³-hybridized carbons (Fsp3) is 0.500. The predicted octanol–water partition coefficient (Wildman–Crippen LogP) is 2.40. The summed E-state index contributed by atoms with van der Waals surface area (Å²) < 4.78 is 1.84. The van der Waals surface area contributed by atoms with E-state index in [0.717, 1.165) is 68.0 Å². The minimum atomic E-state index is -0.0383. The molecule has 152 valence electrons. The Morgan fingerprint density at radius 3 is 2.93 bits per heavy atom. The molecule has 0 radical (unpaired) electrons. The maximum Gasteiger partial charge on any atom is 0.273 e. The molecule has 1 amide bonds. The molecule has 5 heterocycles. The Morgan fingerprint density at radius 1 is 1.28 bits per heavy atom. The van der Waals surface area contributed by atoms with Crippen molar-refractivity contribution in [1.82, 2.24) is 24.5 Å². The van der Waals surface area contributed by atoms with Crippen LogP contribution in [0.2, 0.25) is 0 Å². The minimum Gasteiger partial charge on any atom is -0.355 e. The van der Waals surface area contributed by atoms with Gasteiger partial charge in [-0.1, -0.05) is 0 Å². The van der Waals surface area contributed by atoms with E-state index in [1.54, 1.807) is 5.51 Å². The van der Waals surface area contributed by atoms with Gasteiger partial charge in [-0.05, 0) is 32.6 Å². The Balaban J connectivity index is 1.48. The van der Waals surface area contributed by atoms with Gasteiger partial charge in [-0.15, -0.1) is 11.3 Å². The number of piperidine rings is 1. The highest BCUT2D eigenvalue weighted by atomic mass is 32.1. The van der Waals surface area contributed by atoms with Gasteiger partial charge in [0.15, 0.2) is 5.65 Å². The predicted molar refractivity (Wildman–Crippen MR) is 112 cm³/mol. The van der Waals surface area contributed by atoms with E-state index in [0.29, 0.717) is 5.69 Å². The molecule has 0 aliphatic carbocycles. The standard InChI is InChI=1S/C20H25N7OS/c1-13-9-27-18(23-19(13)25-7-5-14(21)10-25)8-15(24-27)17-4-2-3-6-26(17)20(28)16-11-29-12-22-16/h8-9,11-12,14,17H,2-7,10,21H2,1H3/t14-,17-/m0/s1. The first-order chi connectivity index (χ1) is 14.1. The van der Waals surface area contributed by atoms with E-state index in [-0.39, 0.29) is 18.0 Å². The van der Waals surface area contributed by atoms with Crippen LogP contribution in [0.5, 0.6) is 0 Å². The van der Waals surface area contributed by atoms with Gasteiger partial charge in [0, 0.05) is 48.9 Å². The van der Waals surface area contributed by atoms with Gasteiger partial charge in [-0.25, -0.2) is 14.5 Å². The molecule has 0 aromatic carbocycles. The number of nitrogens with two attached hydrogens (primary N) is 1. The number of aromatic nitrogens is 4. The van der Waals surface area contributed by atoms with Crippen molar-refractivity contribution in [3.8, 4) is 0 Å². The maximum absolute atomic E-state index is 13.0. The SMILES string of the molecule is Cc1cn2nc([C@@H]3CCCCN3C(=O)c3cscn3)cc2nc1N1CC[C@H](N)C1. The average molecular weight is 412 g/mol. The molecule has 2 saturated heterocycles. The highest BCUT2D eigenvalue weighted by Crippen LogP contribution is 2.32. The lowest BCUT2D eigenvalue weighted by Gasteiger charge is -2.34. The van der Waals surface area contributed by atoms with E-state index >= 15 is 0 Å². The van der Waals surface area contributed by atoms with Crippen LogP contribution >= 0.6 is 11.3 Å². The summed E-state index contributed by atoms with van der Waals surface area (Å²) in [6.07, 6.45) is 6.03. The van der Waals surface area contributed by atoms with Gasteiger partial charge in [0.25, 0.3) is 5.91 Å². The van der Waals surface area contributed by atoms with Crippen LogP contribution < -0.4 is 10.6 Å². The van der Waals surface area contributed by atoms with Crippen molar-refractivity contribution in [2.45, 2.75) is 44.7 Å². The molecule has 3 aromatic heterocycles. The van der Waals surface area contributed by atoms with Crippen molar-refractivity contribution >= 4 is 28.7 Å². The number of anilines is 1. The summed E-state index contributed by atoms with van der Waals surface area (Å²) >= 11 is 1.45. The molecule has 0 unspecified atom stereocenters. The van der Waals surface area contributed by atoms with Crippen LogP contribution in [0, 0.1) is 6.92 Å². The normalized spacial score (nSPS) is 22.6. The van der Waals surface area contributed by atoms with E-state index in [1.165, 1.54) is 11.3 Å². The molecule has 9 heteroatoms. The lowest BCUT2D eigenvalue weighted by Crippen LogP contribution is -2.38. The minimum absolute atomic E-state index is 0.0103. The Labute approximate surface area is 173 Å². The largest absolute Gasteiger partial charge is 0.355 e. The number of amides is 1.